The number of carbonyl (C=O) groups is 2. The molecular formula is C40H49N3O6Si. The highest BCUT2D eigenvalue weighted by molar-refractivity contribution is 6.74. The zero-order valence-corrected chi connectivity index (χ0v) is 31.4. The first-order valence-corrected chi connectivity index (χ1v) is 20.1. The first-order valence-electron chi connectivity index (χ1n) is 17.1. The maximum Gasteiger partial charge on any atom is 0.435 e. The molecule has 1 unspecified atom stereocenters. The highest BCUT2D eigenvalue weighted by atomic mass is 28.4. The van der Waals surface area contributed by atoms with Crippen molar-refractivity contribution >= 4 is 20.5 Å². The summed E-state index contributed by atoms with van der Waals surface area (Å²) in [7, 11) is -2.26. The van der Waals surface area contributed by atoms with E-state index in [2.05, 4.69) is 64.2 Å². The topological polar surface area (TPSA) is 101 Å². The van der Waals surface area contributed by atoms with Gasteiger partial charge in [-0.3, -0.25) is 9.74 Å². The van der Waals surface area contributed by atoms with Crippen LogP contribution in [0.3, 0.4) is 0 Å². The Morgan fingerprint density at radius 1 is 0.880 bits per heavy atom. The van der Waals surface area contributed by atoms with E-state index in [9.17, 15) is 14.9 Å². The normalized spacial score (nSPS) is 17.7. The maximum absolute atomic E-state index is 14.1. The summed E-state index contributed by atoms with van der Waals surface area (Å²) in [5.74, 6) is -0.156. The molecule has 3 aromatic rings. The van der Waals surface area contributed by atoms with Crippen LogP contribution in [-0.2, 0) is 25.3 Å². The second kappa shape index (κ2) is 14.8. The van der Waals surface area contributed by atoms with Gasteiger partial charge >= 0.3 is 12.2 Å². The Balaban J connectivity index is 1.46. The third-order valence-corrected chi connectivity index (χ3v) is 14.1. The zero-order valence-electron chi connectivity index (χ0n) is 30.4. The van der Waals surface area contributed by atoms with Gasteiger partial charge in [0.1, 0.15) is 24.9 Å². The van der Waals surface area contributed by atoms with E-state index in [-0.39, 0.29) is 37.3 Å². The number of hydroxylamine groups is 2. The summed E-state index contributed by atoms with van der Waals surface area (Å²) >= 11 is 0. The molecular weight excluding hydrogens is 647 g/mol. The fourth-order valence-corrected chi connectivity index (χ4v) is 6.93. The number of fused-ring (bicyclic) bond motifs is 3. The first-order chi connectivity index (χ1) is 23.6. The van der Waals surface area contributed by atoms with Crippen molar-refractivity contribution in [2.24, 2.45) is 0 Å². The van der Waals surface area contributed by atoms with E-state index >= 15 is 0 Å². The Labute approximate surface area is 297 Å². The molecule has 0 bridgehead atoms. The van der Waals surface area contributed by atoms with Crippen LogP contribution in [0, 0.1) is 11.3 Å². The molecule has 2 amide bonds. The lowest BCUT2D eigenvalue weighted by Gasteiger charge is -2.41. The summed E-state index contributed by atoms with van der Waals surface area (Å²) in [6.45, 7) is 16.3. The predicted molar refractivity (Wildman–Crippen MR) is 195 cm³/mol. The highest BCUT2D eigenvalue weighted by Crippen LogP contribution is 2.44. The van der Waals surface area contributed by atoms with Crippen molar-refractivity contribution < 1.29 is 28.3 Å². The van der Waals surface area contributed by atoms with E-state index in [0.717, 1.165) is 27.8 Å². The number of nitrogens with zero attached hydrogens (tertiary/aromatic N) is 3. The molecule has 3 aromatic carbocycles. The molecule has 1 aliphatic carbocycles. The number of hydrogen-bond acceptors (Lipinski definition) is 7. The molecule has 2 atom stereocenters. The molecule has 0 saturated carbocycles. The monoisotopic (exact) mass is 695 g/mol. The third kappa shape index (κ3) is 8.29. The SMILES string of the molecule is CC(C)(C)OC(=O)N(OCc1ccccc1)[C@@H]1C=C(CO[Si](C)(C)C(C)(C)C)C(C#N)N(C(=O)OCC2c3ccccc3-c3ccccc32)C1. The van der Waals surface area contributed by atoms with Crippen LogP contribution in [0.2, 0.25) is 18.1 Å². The second-order valence-corrected chi connectivity index (χ2v) is 20.2. The van der Waals surface area contributed by atoms with Crippen LogP contribution in [-0.4, -0.2) is 67.9 Å². The molecule has 1 heterocycles. The van der Waals surface area contributed by atoms with Crippen LogP contribution in [0.1, 0.15) is 64.2 Å². The summed E-state index contributed by atoms with van der Waals surface area (Å²) < 4.78 is 18.4. The quantitative estimate of drug-likeness (QED) is 0.125. The Morgan fingerprint density at radius 3 is 2.02 bits per heavy atom. The minimum Gasteiger partial charge on any atom is -0.448 e. The smallest absolute Gasteiger partial charge is 0.435 e. The van der Waals surface area contributed by atoms with Gasteiger partial charge in [-0.15, -0.1) is 0 Å². The van der Waals surface area contributed by atoms with Crippen molar-refractivity contribution in [3.05, 3.63) is 107 Å². The lowest BCUT2D eigenvalue weighted by Crippen LogP contribution is -2.55. The van der Waals surface area contributed by atoms with E-state index in [1.165, 1.54) is 9.96 Å². The summed E-state index contributed by atoms with van der Waals surface area (Å²) in [6, 6.07) is 26.3. The summed E-state index contributed by atoms with van der Waals surface area (Å²) in [5, 5.41) is 11.6. The molecule has 10 heteroatoms. The minimum atomic E-state index is -2.26. The summed E-state index contributed by atoms with van der Waals surface area (Å²) in [5.41, 5.74) is 5.01. The zero-order chi connectivity index (χ0) is 36.3. The molecule has 0 saturated heterocycles. The van der Waals surface area contributed by atoms with Crippen molar-refractivity contribution in [1.82, 2.24) is 9.96 Å². The van der Waals surface area contributed by atoms with E-state index in [0.29, 0.717) is 5.57 Å². The molecule has 50 heavy (non-hydrogen) atoms. The van der Waals surface area contributed by atoms with Gasteiger partial charge in [0.05, 0.1) is 25.3 Å². The number of ether oxygens (including phenoxy) is 2. The summed E-state index contributed by atoms with van der Waals surface area (Å²) in [6.07, 6.45) is 0.444. The van der Waals surface area contributed by atoms with E-state index < -0.39 is 38.2 Å². The van der Waals surface area contributed by atoms with Crippen molar-refractivity contribution in [2.45, 2.75) is 89.9 Å². The van der Waals surface area contributed by atoms with Gasteiger partial charge in [0.25, 0.3) is 0 Å². The number of nitriles is 1. The fraction of sp³-hybridized carbons (Fsp3) is 0.425. The van der Waals surface area contributed by atoms with Crippen molar-refractivity contribution in [2.75, 3.05) is 19.8 Å². The molecule has 0 fully saturated rings. The second-order valence-electron chi connectivity index (χ2n) is 15.4. The van der Waals surface area contributed by atoms with Crippen LogP contribution < -0.4 is 0 Å². The van der Waals surface area contributed by atoms with Crippen molar-refractivity contribution in [1.29, 1.82) is 5.26 Å². The van der Waals surface area contributed by atoms with E-state index in [1.807, 2.05) is 60.7 Å². The molecule has 0 N–H and O–H groups in total. The molecule has 0 aromatic heterocycles. The molecule has 2 aliphatic rings. The standard InChI is InChI=1S/C40H49N3O6Si/c1-39(2,3)49-38(45)43(47-25-28-16-10-9-11-17-28)30-22-29(26-48-50(7,8)40(4,5)6)36(23-41)42(24-30)37(44)46-27-35-33-20-14-12-18-31(33)32-19-13-15-21-34(32)35/h9-22,30,35-36H,24-27H2,1-8H3/t30-,36?/m1/s1. The van der Waals surface area contributed by atoms with E-state index in [1.54, 1.807) is 20.8 Å². The van der Waals surface area contributed by atoms with Crippen molar-refractivity contribution in [3.8, 4) is 17.2 Å². The largest absolute Gasteiger partial charge is 0.448 e. The van der Waals surface area contributed by atoms with Gasteiger partial charge in [-0.05, 0) is 72.3 Å². The molecule has 264 valence electrons. The van der Waals surface area contributed by atoms with Gasteiger partial charge < -0.3 is 13.9 Å². The Morgan fingerprint density at radius 2 is 1.46 bits per heavy atom. The van der Waals surface area contributed by atoms with E-state index in [4.69, 9.17) is 18.7 Å². The van der Waals surface area contributed by atoms with Gasteiger partial charge in [0.15, 0.2) is 8.32 Å². The number of amides is 2. The van der Waals surface area contributed by atoms with Crippen molar-refractivity contribution in [3.63, 3.8) is 0 Å². The van der Waals surface area contributed by atoms with Crippen LogP contribution >= 0.6 is 0 Å². The van der Waals surface area contributed by atoms with Crippen LogP contribution in [0.4, 0.5) is 9.59 Å². The average Bonchev–Trinajstić information content (AvgIpc) is 3.38. The van der Waals surface area contributed by atoms with Crippen LogP contribution in [0.5, 0.6) is 0 Å². The van der Waals surface area contributed by atoms with Gasteiger partial charge in [0.2, 0.25) is 0 Å². The Bertz CT molecular complexity index is 1710. The number of benzene rings is 3. The van der Waals surface area contributed by atoms with Crippen LogP contribution in [0.15, 0.2) is 90.5 Å². The lowest BCUT2D eigenvalue weighted by molar-refractivity contribution is -0.174. The molecule has 1 aliphatic heterocycles. The Kier molecular flexibility index (Phi) is 10.9. The number of carbonyl (C=O) groups excluding carboxylic acids is 2. The molecule has 0 radical (unpaired) electrons. The molecule has 5 rings (SSSR count). The average molecular weight is 696 g/mol. The van der Waals surface area contributed by atoms with Gasteiger partial charge in [-0.25, -0.2) is 9.59 Å². The number of hydrogen-bond donors (Lipinski definition) is 0. The maximum atomic E-state index is 14.1. The first kappa shape index (κ1) is 36.8. The minimum absolute atomic E-state index is 0.0491. The van der Waals surface area contributed by atoms with Gasteiger partial charge in [-0.2, -0.15) is 10.3 Å². The third-order valence-electron chi connectivity index (χ3n) is 9.64. The molecule has 0 spiro atoms. The van der Waals surface area contributed by atoms with Gasteiger partial charge in [-0.1, -0.05) is 106 Å². The van der Waals surface area contributed by atoms with Crippen LogP contribution in [0.25, 0.3) is 11.1 Å². The highest BCUT2D eigenvalue weighted by Gasteiger charge is 2.42. The fourth-order valence-electron chi connectivity index (χ4n) is 5.97. The molecule has 9 nitrogen and oxygen atoms in total. The lowest BCUT2D eigenvalue weighted by atomic mass is 9.98. The van der Waals surface area contributed by atoms with Gasteiger partial charge in [0, 0.05) is 5.92 Å². The number of rotatable bonds is 9. The predicted octanol–water partition coefficient (Wildman–Crippen LogP) is 8.83. The summed E-state index contributed by atoms with van der Waals surface area (Å²) in [4.78, 5) is 35.4. The Hall–Kier alpha value is -4.43.